The fraction of sp³-hybridized carbons (Fsp3) is 0.533. The van der Waals surface area contributed by atoms with Gasteiger partial charge in [-0.3, -0.25) is 4.99 Å². The summed E-state index contributed by atoms with van der Waals surface area (Å²) in [6.45, 7) is 5.45. The molecule has 1 atom stereocenters. The van der Waals surface area contributed by atoms with Gasteiger partial charge < -0.3 is 10.6 Å². The molecule has 1 spiro atoms. The molecule has 3 nitrogen and oxygen atoms in total. The van der Waals surface area contributed by atoms with Crippen molar-refractivity contribution in [3.05, 3.63) is 29.3 Å². The van der Waals surface area contributed by atoms with Crippen LogP contribution in [0.15, 0.2) is 29.3 Å². The highest BCUT2D eigenvalue weighted by Crippen LogP contribution is 2.49. The zero-order chi connectivity index (χ0) is 14.4. The first kappa shape index (κ1) is 14.1. The third-order valence-electron chi connectivity index (χ3n) is 4.72. The highest BCUT2D eigenvalue weighted by molar-refractivity contribution is 7.99. The zero-order valence-corrected chi connectivity index (χ0v) is 13.5. The molecule has 108 valence electrons. The molecule has 5 heteroatoms. The summed E-state index contributed by atoms with van der Waals surface area (Å²) in [5.74, 6) is 2.90. The molecule has 0 amide bonds. The lowest BCUT2D eigenvalue weighted by molar-refractivity contribution is 0.192. The summed E-state index contributed by atoms with van der Waals surface area (Å²) in [5.41, 5.74) is 7.46. The summed E-state index contributed by atoms with van der Waals surface area (Å²) in [4.78, 5) is 6.79. The number of hydrogen-bond donors (Lipinski definition) is 1. The number of nitrogens with zero attached hydrogens (tertiary/aromatic N) is 2. The van der Waals surface area contributed by atoms with Crippen molar-refractivity contribution in [1.82, 2.24) is 0 Å². The van der Waals surface area contributed by atoms with Crippen molar-refractivity contribution >= 4 is 35.0 Å². The smallest absolute Gasteiger partial charge is 0.196 e. The molecule has 1 fully saturated rings. The largest absolute Gasteiger partial charge is 0.369 e. The molecule has 0 radical (unpaired) electrons. The fourth-order valence-corrected chi connectivity index (χ4v) is 5.04. The first-order chi connectivity index (χ1) is 9.46. The molecule has 20 heavy (non-hydrogen) atoms. The Morgan fingerprint density at radius 2 is 2.00 bits per heavy atom. The summed E-state index contributed by atoms with van der Waals surface area (Å²) in [7, 11) is 0. The summed E-state index contributed by atoms with van der Waals surface area (Å²) in [6.07, 6.45) is 1.19. The Bertz CT molecular complexity index is 541. The molecule has 1 unspecified atom stereocenters. The third kappa shape index (κ3) is 2.01. The minimum Gasteiger partial charge on any atom is -0.369 e. The average molecular weight is 310 g/mol. The number of guanidine groups is 1. The first-order valence-corrected chi connectivity index (χ1v) is 8.43. The summed E-state index contributed by atoms with van der Waals surface area (Å²) in [6, 6.07) is 7.90. The molecule has 1 saturated heterocycles. The van der Waals surface area contributed by atoms with Gasteiger partial charge in [0.2, 0.25) is 0 Å². The van der Waals surface area contributed by atoms with Crippen LogP contribution in [0.25, 0.3) is 0 Å². The van der Waals surface area contributed by atoms with Gasteiger partial charge in [0.25, 0.3) is 0 Å². The molecular weight excluding hydrogens is 290 g/mol. The van der Waals surface area contributed by atoms with Gasteiger partial charge in [-0.1, -0.05) is 25.4 Å². The Morgan fingerprint density at radius 3 is 2.65 bits per heavy atom. The van der Waals surface area contributed by atoms with Crippen molar-refractivity contribution in [2.75, 3.05) is 23.0 Å². The molecule has 0 aliphatic carbocycles. The molecule has 0 aromatic heterocycles. The number of hydrogen-bond acceptors (Lipinski definition) is 4. The zero-order valence-electron chi connectivity index (χ0n) is 11.9. The summed E-state index contributed by atoms with van der Waals surface area (Å²) >= 11 is 8.00. The Hall–Kier alpha value is -0.870. The highest BCUT2D eigenvalue weighted by Gasteiger charge is 2.54. The molecule has 1 aromatic rings. The third-order valence-corrected chi connectivity index (χ3v) is 6.14. The maximum Gasteiger partial charge on any atom is 0.196 e. The van der Waals surface area contributed by atoms with Gasteiger partial charge in [-0.15, -0.1) is 0 Å². The minimum absolute atomic E-state index is 0.0200. The molecule has 3 rings (SSSR count). The van der Waals surface area contributed by atoms with E-state index in [1.807, 2.05) is 36.0 Å². The monoisotopic (exact) mass is 309 g/mol. The molecule has 2 aliphatic heterocycles. The standard InChI is InChI=1S/C15H20ClN3S/c1-14(2)7-8-20-10-15(14)9-18-13(17)19(15)12-5-3-11(16)4-6-12/h3-6H,7-10H2,1-2H3,(H2,17,18). The maximum atomic E-state index is 6.21. The van der Waals surface area contributed by atoms with E-state index in [0.29, 0.717) is 5.96 Å². The van der Waals surface area contributed by atoms with Gasteiger partial charge in [0.05, 0.1) is 12.1 Å². The van der Waals surface area contributed by atoms with Crippen molar-refractivity contribution in [3.63, 3.8) is 0 Å². The van der Waals surface area contributed by atoms with E-state index in [-0.39, 0.29) is 11.0 Å². The SMILES string of the molecule is CC1(C)CCSCC12CN=C(N)N2c1ccc(Cl)cc1. The molecule has 2 heterocycles. The van der Waals surface area contributed by atoms with Crippen LogP contribution in [-0.4, -0.2) is 29.5 Å². The minimum atomic E-state index is -0.0200. The van der Waals surface area contributed by atoms with Gasteiger partial charge in [-0.25, -0.2) is 0 Å². The summed E-state index contributed by atoms with van der Waals surface area (Å²) < 4.78 is 0. The van der Waals surface area contributed by atoms with Gasteiger partial charge in [0.1, 0.15) is 0 Å². The van der Waals surface area contributed by atoms with Gasteiger partial charge in [0.15, 0.2) is 5.96 Å². The number of halogens is 1. The van der Waals surface area contributed by atoms with Crippen LogP contribution in [0.2, 0.25) is 5.02 Å². The topological polar surface area (TPSA) is 41.6 Å². The maximum absolute atomic E-state index is 6.21. The van der Waals surface area contributed by atoms with Gasteiger partial charge in [-0.2, -0.15) is 11.8 Å². The van der Waals surface area contributed by atoms with Gasteiger partial charge >= 0.3 is 0 Å². The van der Waals surface area contributed by atoms with E-state index in [1.54, 1.807) is 0 Å². The fourth-order valence-electron chi connectivity index (χ4n) is 3.17. The molecule has 1 aromatic carbocycles. The van der Waals surface area contributed by atoms with Crippen molar-refractivity contribution < 1.29 is 0 Å². The quantitative estimate of drug-likeness (QED) is 0.864. The van der Waals surface area contributed by atoms with Crippen LogP contribution in [-0.2, 0) is 0 Å². The predicted molar refractivity (Wildman–Crippen MR) is 88.9 cm³/mol. The Balaban J connectivity index is 2.05. The van der Waals surface area contributed by atoms with Crippen LogP contribution >= 0.6 is 23.4 Å². The number of rotatable bonds is 1. The van der Waals surface area contributed by atoms with E-state index in [4.69, 9.17) is 17.3 Å². The van der Waals surface area contributed by atoms with E-state index in [9.17, 15) is 0 Å². The van der Waals surface area contributed by atoms with Gasteiger partial charge in [0, 0.05) is 16.5 Å². The van der Waals surface area contributed by atoms with Crippen molar-refractivity contribution in [1.29, 1.82) is 0 Å². The van der Waals surface area contributed by atoms with Gasteiger partial charge in [-0.05, 0) is 41.9 Å². The molecular formula is C15H20ClN3S. The van der Waals surface area contributed by atoms with E-state index in [2.05, 4.69) is 23.7 Å². The Labute approximate surface area is 129 Å². The lowest BCUT2D eigenvalue weighted by Gasteiger charge is -2.52. The van der Waals surface area contributed by atoms with Crippen LogP contribution in [0.4, 0.5) is 5.69 Å². The predicted octanol–water partition coefficient (Wildman–Crippen LogP) is 3.38. The second-order valence-corrected chi connectivity index (χ2v) is 7.75. The molecule has 0 bridgehead atoms. The number of aliphatic imine (C=N–C) groups is 1. The number of thioether (sulfide) groups is 1. The van der Waals surface area contributed by atoms with Crippen LogP contribution in [0.3, 0.4) is 0 Å². The Morgan fingerprint density at radius 1 is 1.30 bits per heavy atom. The van der Waals surface area contributed by atoms with E-state index < -0.39 is 0 Å². The number of anilines is 1. The number of benzene rings is 1. The first-order valence-electron chi connectivity index (χ1n) is 6.90. The van der Waals surface area contributed by atoms with Crippen molar-refractivity contribution in [2.45, 2.75) is 25.8 Å². The van der Waals surface area contributed by atoms with Crippen LogP contribution in [0, 0.1) is 5.41 Å². The van der Waals surface area contributed by atoms with Crippen LogP contribution < -0.4 is 10.6 Å². The number of nitrogens with two attached hydrogens (primary N) is 1. The second-order valence-electron chi connectivity index (χ2n) is 6.20. The Kier molecular flexibility index (Phi) is 3.41. The summed E-state index contributed by atoms with van der Waals surface area (Å²) in [5, 5.41) is 0.745. The normalized spacial score (nSPS) is 28.8. The van der Waals surface area contributed by atoms with E-state index in [0.717, 1.165) is 23.0 Å². The molecule has 2 N–H and O–H groups in total. The highest BCUT2D eigenvalue weighted by atomic mass is 35.5. The molecule has 2 aliphatic rings. The van der Waals surface area contributed by atoms with Crippen LogP contribution in [0.1, 0.15) is 20.3 Å². The molecule has 0 saturated carbocycles. The lowest BCUT2D eigenvalue weighted by Crippen LogP contribution is -2.63. The second kappa shape index (κ2) is 4.85. The van der Waals surface area contributed by atoms with Crippen LogP contribution in [0.5, 0.6) is 0 Å². The van der Waals surface area contributed by atoms with Crippen molar-refractivity contribution in [3.8, 4) is 0 Å². The average Bonchev–Trinajstić information content (AvgIpc) is 2.74. The van der Waals surface area contributed by atoms with E-state index in [1.165, 1.54) is 12.2 Å². The van der Waals surface area contributed by atoms with E-state index >= 15 is 0 Å². The van der Waals surface area contributed by atoms with Crippen molar-refractivity contribution in [2.24, 2.45) is 16.1 Å². The lowest BCUT2D eigenvalue weighted by atomic mass is 9.70.